The molecule has 1 fully saturated rings. The Morgan fingerprint density at radius 1 is 1.32 bits per heavy atom. The predicted octanol–water partition coefficient (Wildman–Crippen LogP) is 3.09. The van der Waals surface area contributed by atoms with Gasteiger partial charge in [-0.05, 0) is 31.5 Å². The highest BCUT2D eigenvalue weighted by Crippen LogP contribution is 2.29. The topological polar surface area (TPSA) is 58.1 Å². The van der Waals surface area contributed by atoms with Crippen LogP contribution in [-0.4, -0.2) is 33.9 Å². The monoisotopic (exact) mass is 316 g/mol. The molecule has 5 nitrogen and oxygen atoms in total. The van der Waals surface area contributed by atoms with Crippen LogP contribution in [0.1, 0.15) is 37.4 Å². The van der Waals surface area contributed by atoms with Crippen LogP contribution in [0.25, 0.3) is 0 Å². The van der Waals surface area contributed by atoms with Gasteiger partial charge in [0, 0.05) is 30.7 Å². The normalized spacial score (nSPS) is 19.0. The SMILES string of the molecule is O=C(CCN1CCCCC1c1ccccn1)Nc1nccs1. The van der Waals surface area contributed by atoms with Gasteiger partial charge in [0.2, 0.25) is 5.91 Å². The van der Waals surface area contributed by atoms with Crippen LogP contribution in [0.15, 0.2) is 36.0 Å². The summed E-state index contributed by atoms with van der Waals surface area (Å²) in [6.45, 7) is 1.80. The summed E-state index contributed by atoms with van der Waals surface area (Å²) >= 11 is 1.44. The molecule has 0 bridgehead atoms. The van der Waals surface area contributed by atoms with Gasteiger partial charge in [-0.3, -0.25) is 14.7 Å². The van der Waals surface area contributed by atoms with Crippen molar-refractivity contribution in [3.63, 3.8) is 0 Å². The summed E-state index contributed by atoms with van der Waals surface area (Å²) in [5, 5.41) is 5.37. The van der Waals surface area contributed by atoms with E-state index >= 15 is 0 Å². The van der Waals surface area contributed by atoms with Gasteiger partial charge in [0.15, 0.2) is 5.13 Å². The summed E-state index contributed by atoms with van der Waals surface area (Å²) in [6.07, 6.45) is 7.56. The van der Waals surface area contributed by atoms with Crippen LogP contribution >= 0.6 is 11.3 Å². The number of piperidine rings is 1. The summed E-state index contributed by atoms with van der Waals surface area (Å²) in [5.74, 6) is 0.0281. The molecule has 1 saturated heterocycles. The van der Waals surface area contributed by atoms with E-state index in [1.165, 1.54) is 24.2 Å². The van der Waals surface area contributed by atoms with E-state index in [-0.39, 0.29) is 5.91 Å². The van der Waals surface area contributed by atoms with Crippen LogP contribution in [0.5, 0.6) is 0 Å². The lowest BCUT2D eigenvalue weighted by molar-refractivity contribution is -0.116. The Kier molecular flexibility index (Phi) is 5.13. The van der Waals surface area contributed by atoms with Gasteiger partial charge < -0.3 is 5.32 Å². The van der Waals surface area contributed by atoms with Crippen molar-refractivity contribution in [1.29, 1.82) is 0 Å². The molecule has 22 heavy (non-hydrogen) atoms. The molecule has 1 unspecified atom stereocenters. The van der Waals surface area contributed by atoms with Crippen molar-refractivity contribution >= 4 is 22.4 Å². The third-order valence-corrected chi connectivity index (χ3v) is 4.64. The number of rotatable bonds is 5. The summed E-state index contributed by atoms with van der Waals surface area (Å²) in [6, 6.07) is 6.39. The first kappa shape index (κ1) is 15.1. The lowest BCUT2D eigenvalue weighted by Gasteiger charge is -2.35. The van der Waals surface area contributed by atoms with Gasteiger partial charge in [-0.2, -0.15) is 0 Å². The zero-order valence-electron chi connectivity index (χ0n) is 12.4. The molecule has 116 valence electrons. The van der Waals surface area contributed by atoms with Gasteiger partial charge in [0.1, 0.15) is 0 Å². The molecule has 3 heterocycles. The van der Waals surface area contributed by atoms with Gasteiger partial charge in [0.25, 0.3) is 0 Å². The van der Waals surface area contributed by atoms with E-state index in [9.17, 15) is 4.79 Å². The van der Waals surface area contributed by atoms with Crippen molar-refractivity contribution in [1.82, 2.24) is 14.9 Å². The molecular weight excluding hydrogens is 296 g/mol. The van der Waals surface area contributed by atoms with Crippen molar-refractivity contribution in [2.24, 2.45) is 0 Å². The van der Waals surface area contributed by atoms with Crippen LogP contribution in [0, 0.1) is 0 Å². The molecule has 1 aliphatic heterocycles. The number of nitrogens with one attached hydrogen (secondary N) is 1. The lowest BCUT2D eigenvalue weighted by Crippen LogP contribution is -2.36. The smallest absolute Gasteiger partial charge is 0.227 e. The zero-order valence-corrected chi connectivity index (χ0v) is 13.3. The summed E-state index contributed by atoms with van der Waals surface area (Å²) < 4.78 is 0. The molecule has 1 aliphatic rings. The standard InChI is InChI=1S/C16H20N4OS/c21-15(19-16-18-9-12-22-16)7-11-20-10-4-2-6-14(20)13-5-1-3-8-17-13/h1,3,5,8-9,12,14H,2,4,6-7,10-11H2,(H,18,19,21). The maximum Gasteiger partial charge on any atom is 0.227 e. The number of thiazole rings is 1. The first-order valence-corrected chi connectivity index (χ1v) is 8.55. The van der Waals surface area contributed by atoms with E-state index in [4.69, 9.17) is 0 Å². The quantitative estimate of drug-likeness (QED) is 0.921. The van der Waals surface area contributed by atoms with Crippen LogP contribution < -0.4 is 5.32 Å². The highest BCUT2D eigenvalue weighted by molar-refractivity contribution is 7.13. The fourth-order valence-electron chi connectivity index (χ4n) is 2.88. The molecule has 6 heteroatoms. The number of nitrogens with zero attached hydrogens (tertiary/aromatic N) is 3. The number of anilines is 1. The van der Waals surface area contributed by atoms with E-state index < -0.39 is 0 Å². The second kappa shape index (κ2) is 7.47. The van der Waals surface area contributed by atoms with E-state index in [1.54, 1.807) is 6.20 Å². The highest BCUT2D eigenvalue weighted by atomic mass is 32.1. The Bertz CT molecular complexity index is 587. The summed E-state index contributed by atoms with van der Waals surface area (Å²) in [7, 11) is 0. The number of likely N-dealkylation sites (tertiary alicyclic amines) is 1. The lowest BCUT2D eigenvalue weighted by atomic mass is 9.98. The molecular formula is C16H20N4OS. The van der Waals surface area contributed by atoms with Crippen molar-refractivity contribution in [3.8, 4) is 0 Å². The van der Waals surface area contributed by atoms with E-state index in [2.05, 4.69) is 26.3 Å². The van der Waals surface area contributed by atoms with Crippen molar-refractivity contribution in [2.45, 2.75) is 31.7 Å². The van der Waals surface area contributed by atoms with Gasteiger partial charge in [0.05, 0.1) is 11.7 Å². The Balaban J connectivity index is 1.56. The Labute approximate surface area is 134 Å². The van der Waals surface area contributed by atoms with Crippen LogP contribution in [0.2, 0.25) is 0 Å². The number of amides is 1. The second-order valence-corrected chi connectivity index (χ2v) is 6.33. The fourth-order valence-corrected chi connectivity index (χ4v) is 3.42. The third kappa shape index (κ3) is 3.90. The molecule has 0 aromatic carbocycles. The maximum absolute atomic E-state index is 12.0. The molecule has 2 aromatic rings. The van der Waals surface area contributed by atoms with Gasteiger partial charge in [-0.15, -0.1) is 11.3 Å². The highest BCUT2D eigenvalue weighted by Gasteiger charge is 2.25. The first-order valence-electron chi connectivity index (χ1n) is 7.67. The molecule has 3 rings (SSSR count). The number of hydrogen-bond donors (Lipinski definition) is 1. The third-order valence-electron chi connectivity index (χ3n) is 3.95. The van der Waals surface area contributed by atoms with Crippen LogP contribution in [0.3, 0.4) is 0 Å². The summed E-state index contributed by atoms with van der Waals surface area (Å²) in [4.78, 5) is 23.0. The van der Waals surface area contributed by atoms with Crippen molar-refractivity contribution in [2.75, 3.05) is 18.4 Å². The van der Waals surface area contributed by atoms with Gasteiger partial charge in [-0.25, -0.2) is 4.98 Å². The molecule has 0 saturated carbocycles. The van der Waals surface area contributed by atoms with Crippen molar-refractivity contribution < 1.29 is 4.79 Å². The average molecular weight is 316 g/mol. The van der Waals surface area contributed by atoms with Crippen molar-refractivity contribution in [3.05, 3.63) is 41.7 Å². The summed E-state index contributed by atoms with van der Waals surface area (Å²) in [5.41, 5.74) is 1.11. The first-order chi connectivity index (χ1) is 10.8. The minimum atomic E-state index is 0.0281. The zero-order chi connectivity index (χ0) is 15.2. The second-order valence-electron chi connectivity index (χ2n) is 5.44. The average Bonchev–Trinajstić information content (AvgIpc) is 3.07. The van der Waals surface area contributed by atoms with E-state index in [0.29, 0.717) is 17.6 Å². The molecule has 0 spiro atoms. The van der Waals surface area contributed by atoms with Crippen LogP contribution in [0.4, 0.5) is 5.13 Å². The minimum Gasteiger partial charge on any atom is -0.302 e. The Morgan fingerprint density at radius 3 is 3.05 bits per heavy atom. The number of pyridine rings is 1. The predicted molar refractivity (Wildman–Crippen MR) is 87.8 cm³/mol. The molecule has 0 aliphatic carbocycles. The fraction of sp³-hybridized carbons (Fsp3) is 0.438. The van der Waals surface area contributed by atoms with Crippen LogP contribution in [-0.2, 0) is 4.79 Å². The maximum atomic E-state index is 12.0. The number of carbonyl (C=O) groups excluding carboxylic acids is 1. The molecule has 2 aromatic heterocycles. The number of carbonyl (C=O) groups is 1. The van der Waals surface area contributed by atoms with Gasteiger partial charge >= 0.3 is 0 Å². The molecule has 1 atom stereocenters. The Hall–Kier alpha value is -1.79. The number of aromatic nitrogens is 2. The van der Waals surface area contributed by atoms with E-state index in [0.717, 1.165) is 25.2 Å². The molecule has 0 radical (unpaired) electrons. The van der Waals surface area contributed by atoms with E-state index in [1.807, 2.05) is 23.7 Å². The molecule has 1 amide bonds. The van der Waals surface area contributed by atoms with Gasteiger partial charge in [-0.1, -0.05) is 12.5 Å². The largest absolute Gasteiger partial charge is 0.302 e. The molecule has 1 N–H and O–H groups in total. The number of hydrogen-bond acceptors (Lipinski definition) is 5. The minimum absolute atomic E-state index is 0.0281. The Morgan fingerprint density at radius 2 is 2.27 bits per heavy atom.